The molecule has 1 aromatic rings. The van der Waals surface area contributed by atoms with E-state index in [0.29, 0.717) is 30.2 Å². The van der Waals surface area contributed by atoms with Crippen LogP contribution in [0.5, 0.6) is 11.5 Å². The van der Waals surface area contributed by atoms with Gasteiger partial charge in [0, 0.05) is 14.7 Å². The lowest BCUT2D eigenvalue weighted by atomic mass is 9.80. The van der Waals surface area contributed by atoms with Crippen molar-refractivity contribution in [2.24, 2.45) is 0 Å². The van der Waals surface area contributed by atoms with Crippen molar-refractivity contribution < 1.29 is 24.3 Å². The summed E-state index contributed by atoms with van der Waals surface area (Å²) >= 11 is 0. The van der Waals surface area contributed by atoms with Gasteiger partial charge in [0.25, 0.3) is 0 Å². The predicted molar refractivity (Wildman–Crippen MR) is 87.0 cm³/mol. The summed E-state index contributed by atoms with van der Waals surface area (Å²) in [4.78, 5) is 0. The average Bonchev–Trinajstić information content (AvgIpc) is 2.38. The number of hydrogen-bond donors (Lipinski definition) is 2. The van der Waals surface area contributed by atoms with Crippen LogP contribution in [0.4, 0.5) is 0 Å². The molecule has 2 N–H and O–H groups in total. The van der Waals surface area contributed by atoms with E-state index in [1.54, 1.807) is 18.2 Å². The summed E-state index contributed by atoms with van der Waals surface area (Å²) in [6.07, 6.45) is 0. The largest absolute Gasteiger partial charge is 0.490 e. The molecule has 21 heavy (non-hydrogen) atoms. The van der Waals surface area contributed by atoms with Crippen LogP contribution in [-0.2, 0) is 4.74 Å². The van der Waals surface area contributed by atoms with Crippen LogP contribution >= 0.6 is 0 Å². The minimum absolute atomic E-state index is 0.158. The first kappa shape index (κ1) is 18.0. The Morgan fingerprint density at radius 1 is 1.10 bits per heavy atom. The van der Waals surface area contributed by atoms with Gasteiger partial charge in [0.15, 0.2) is 18.3 Å². The Morgan fingerprint density at radius 2 is 1.81 bits per heavy atom. The van der Waals surface area contributed by atoms with E-state index >= 15 is 0 Å². The van der Waals surface area contributed by atoms with Crippen LogP contribution < -0.4 is 14.9 Å². The summed E-state index contributed by atoms with van der Waals surface area (Å²) in [5.41, 5.74) is 0.366. The highest BCUT2D eigenvalue weighted by atomic mass is 28.3. The van der Waals surface area contributed by atoms with E-state index in [-0.39, 0.29) is 6.79 Å². The molecule has 0 bridgehead atoms. The molecular weight excluding hydrogens is 287 g/mol. The summed E-state index contributed by atoms with van der Waals surface area (Å²) in [6.45, 7) is 10.1. The Balaban J connectivity index is 2.53. The van der Waals surface area contributed by atoms with Crippen LogP contribution in [0.15, 0.2) is 18.2 Å². The number of ether oxygens (including phenoxy) is 3. The molecule has 0 aliphatic heterocycles. The smallest absolute Gasteiger partial charge is 0.488 e. The fourth-order valence-corrected chi connectivity index (χ4v) is 2.37. The normalized spacial score (nSPS) is 11.3. The monoisotopic (exact) mass is 312 g/mol. The van der Waals surface area contributed by atoms with E-state index in [9.17, 15) is 0 Å². The molecule has 0 aromatic heterocycles. The predicted octanol–water partition coefficient (Wildman–Crippen LogP) is 1.46. The zero-order chi connectivity index (χ0) is 15.9. The molecule has 0 aliphatic carbocycles. The molecule has 0 amide bonds. The van der Waals surface area contributed by atoms with Crippen LogP contribution in [0.3, 0.4) is 0 Å². The van der Waals surface area contributed by atoms with Gasteiger partial charge in [0.05, 0.1) is 6.61 Å². The fourth-order valence-electron chi connectivity index (χ4n) is 1.62. The van der Waals surface area contributed by atoms with Gasteiger partial charge in [-0.3, -0.25) is 0 Å². The first-order valence-corrected chi connectivity index (χ1v) is 10.9. The molecule has 0 spiro atoms. The maximum Gasteiger partial charge on any atom is 0.488 e. The van der Waals surface area contributed by atoms with Crippen LogP contribution in [0, 0.1) is 0 Å². The third kappa shape index (κ3) is 6.99. The van der Waals surface area contributed by atoms with E-state index in [4.69, 9.17) is 24.3 Å². The van der Waals surface area contributed by atoms with Gasteiger partial charge in [-0.05, 0) is 30.6 Å². The van der Waals surface area contributed by atoms with Gasteiger partial charge in [-0.2, -0.15) is 0 Å². The van der Waals surface area contributed by atoms with Crippen molar-refractivity contribution in [3.8, 4) is 11.5 Å². The van der Waals surface area contributed by atoms with Crippen molar-refractivity contribution in [1.82, 2.24) is 0 Å². The number of rotatable bonds is 9. The Bertz CT molecular complexity index is 434. The van der Waals surface area contributed by atoms with E-state index in [1.165, 1.54) is 0 Å². The highest BCUT2D eigenvalue weighted by Gasteiger charge is 2.15. The van der Waals surface area contributed by atoms with Gasteiger partial charge >= 0.3 is 7.12 Å². The van der Waals surface area contributed by atoms with Crippen LogP contribution in [0.2, 0.25) is 25.7 Å². The van der Waals surface area contributed by atoms with Crippen LogP contribution in [0.25, 0.3) is 0 Å². The van der Waals surface area contributed by atoms with E-state index in [1.807, 2.05) is 6.92 Å². The van der Waals surface area contributed by atoms with Gasteiger partial charge < -0.3 is 24.3 Å². The topological polar surface area (TPSA) is 68.2 Å². The molecule has 5 nitrogen and oxygen atoms in total. The molecule has 1 rings (SSSR count). The van der Waals surface area contributed by atoms with Crippen molar-refractivity contribution in [2.75, 3.05) is 20.0 Å². The maximum atomic E-state index is 9.17. The third-order valence-electron chi connectivity index (χ3n) is 2.86. The summed E-state index contributed by atoms with van der Waals surface area (Å²) in [5.74, 6) is 1.02. The molecule has 1 aromatic carbocycles. The molecule has 0 heterocycles. The van der Waals surface area contributed by atoms with Crippen molar-refractivity contribution in [3.63, 3.8) is 0 Å². The molecule has 0 aliphatic rings. The highest BCUT2D eigenvalue weighted by Crippen LogP contribution is 2.25. The molecule has 0 fully saturated rings. The fraction of sp³-hybridized carbons (Fsp3) is 0.571. The second kappa shape index (κ2) is 8.43. The molecule has 118 valence electrons. The van der Waals surface area contributed by atoms with E-state index in [2.05, 4.69) is 19.6 Å². The Hall–Kier alpha value is -1.02. The second-order valence-corrected chi connectivity index (χ2v) is 11.6. The average molecular weight is 312 g/mol. The summed E-state index contributed by atoms with van der Waals surface area (Å²) in [5, 5.41) is 18.3. The number of benzene rings is 1. The van der Waals surface area contributed by atoms with Gasteiger partial charge in [0.2, 0.25) is 0 Å². The van der Waals surface area contributed by atoms with Gasteiger partial charge in [-0.25, -0.2) is 0 Å². The maximum absolute atomic E-state index is 9.17. The zero-order valence-electron chi connectivity index (χ0n) is 13.3. The lowest BCUT2D eigenvalue weighted by Crippen LogP contribution is -2.29. The summed E-state index contributed by atoms with van der Waals surface area (Å²) < 4.78 is 16.5. The minimum atomic E-state index is -1.52. The van der Waals surface area contributed by atoms with Crippen molar-refractivity contribution >= 4 is 20.7 Å². The molecule has 0 unspecified atom stereocenters. The quantitative estimate of drug-likeness (QED) is 0.410. The highest BCUT2D eigenvalue weighted by molar-refractivity contribution is 6.76. The van der Waals surface area contributed by atoms with Gasteiger partial charge in [0.1, 0.15) is 0 Å². The second-order valence-electron chi connectivity index (χ2n) is 5.99. The lowest BCUT2D eigenvalue weighted by molar-refractivity contribution is 0.0202. The van der Waals surface area contributed by atoms with E-state index < -0.39 is 15.2 Å². The number of hydrogen-bond acceptors (Lipinski definition) is 5. The summed E-state index contributed by atoms with van der Waals surface area (Å²) in [6, 6.07) is 5.89. The Kier molecular flexibility index (Phi) is 7.24. The van der Waals surface area contributed by atoms with Crippen LogP contribution in [-0.4, -0.2) is 45.2 Å². The third-order valence-corrected chi connectivity index (χ3v) is 4.56. The molecule has 0 radical (unpaired) electrons. The first-order valence-electron chi connectivity index (χ1n) is 7.17. The van der Waals surface area contributed by atoms with E-state index in [0.717, 1.165) is 6.04 Å². The zero-order valence-corrected chi connectivity index (χ0v) is 14.3. The van der Waals surface area contributed by atoms with Crippen LogP contribution in [0.1, 0.15) is 6.92 Å². The van der Waals surface area contributed by atoms with Crippen molar-refractivity contribution in [2.45, 2.75) is 32.6 Å². The van der Waals surface area contributed by atoms with Gasteiger partial charge in [-0.1, -0.05) is 25.7 Å². The van der Waals surface area contributed by atoms with Gasteiger partial charge in [-0.15, -0.1) is 0 Å². The molecular formula is C14H25BO5Si. The minimum Gasteiger partial charge on any atom is -0.490 e. The molecule has 0 atom stereocenters. The lowest BCUT2D eigenvalue weighted by Gasteiger charge is -2.16. The Morgan fingerprint density at radius 3 is 2.38 bits per heavy atom. The van der Waals surface area contributed by atoms with Crippen molar-refractivity contribution in [1.29, 1.82) is 0 Å². The summed E-state index contributed by atoms with van der Waals surface area (Å²) in [7, 11) is -2.61. The molecule has 0 saturated carbocycles. The molecule has 0 saturated heterocycles. The molecule has 7 heteroatoms. The standard InChI is InChI=1S/C14H25BO5Si/c1-5-19-14-10-12(15(16)17)6-7-13(14)20-11-18-8-9-21(2,3)4/h6-7,10,16-17H,5,8-9,11H2,1-4H3. The Labute approximate surface area is 128 Å². The SMILES string of the molecule is CCOc1cc(B(O)O)ccc1OCOCC[Si](C)(C)C. The first-order chi connectivity index (χ1) is 9.83. The van der Waals surface area contributed by atoms with Crippen molar-refractivity contribution in [3.05, 3.63) is 18.2 Å².